The van der Waals surface area contributed by atoms with E-state index in [0.29, 0.717) is 17.9 Å². The maximum atomic E-state index is 14.4. The maximum Gasteiger partial charge on any atom is 0.187 e. The second kappa shape index (κ2) is 7.53. The molecule has 6 heteroatoms. The van der Waals surface area contributed by atoms with E-state index in [1.54, 1.807) is 0 Å². The Balaban J connectivity index is 1.52. The average Bonchev–Trinajstić information content (AvgIpc) is 2.58. The lowest BCUT2D eigenvalue weighted by atomic mass is 9.96. The zero-order chi connectivity index (χ0) is 16.2. The van der Waals surface area contributed by atoms with Crippen LogP contribution in [-0.2, 0) is 6.42 Å². The molecule has 0 bridgehead atoms. The Hall–Kier alpha value is -1.27. The molecule has 0 saturated carbocycles. The smallest absolute Gasteiger partial charge is 0.187 e. The van der Waals surface area contributed by atoms with Crippen LogP contribution in [0.2, 0.25) is 0 Å². The van der Waals surface area contributed by atoms with Gasteiger partial charge in [0.05, 0.1) is 5.69 Å². The molecule has 2 saturated heterocycles. The molecule has 0 aromatic carbocycles. The van der Waals surface area contributed by atoms with Gasteiger partial charge in [0.15, 0.2) is 11.6 Å². The summed E-state index contributed by atoms with van der Waals surface area (Å²) in [5, 5.41) is 0. The number of likely N-dealkylation sites (N-methyl/N-ethyl adjacent to an activating group) is 1. The first-order chi connectivity index (χ1) is 11.2. The molecule has 0 N–H and O–H groups in total. The third-order valence-electron chi connectivity index (χ3n) is 5.20. The lowest BCUT2D eigenvalue weighted by Gasteiger charge is -2.38. The van der Waals surface area contributed by atoms with Crippen molar-refractivity contribution < 1.29 is 4.39 Å². The first-order valence-electron chi connectivity index (χ1n) is 8.82. The van der Waals surface area contributed by atoms with Gasteiger partial charge in [0, 0.05) is 45.8 Å². The van der Waals surface area contributed by atoms with Crippen LogP contribution in [0.3, 0.4) is 0 Å². The van der Waals surface area contributed by atoms with E-state index in [1.165, 1.54) is 39.1 Å². The van der Waals surface area contributed by atoms with Crippen LogP contribution in [0, 0.1) is 11.7 Å². The van der Waals surface area contributed by atoms with Crippen molar-refractivity contribution in [3.63, 3.8) is 0 Å². The van der Waals surface area contributed by atoms with Crippen molar-refractivity contribution in [2.45, 2.75) is 26.2 Å². The fourth-order valence-corrected chi connectivity index (χ4v) is 3.59. The van der Waals surface area contributed by atoms with Crippen LogP contribution in [0.25, 0.3) is 0 Å². The summed E-state index contributed by atoms with van der Waals surface area (Å²) in [4.78, 5) is 15.3. The van der Waals surface area contributed by atoms with Crippen molar-refractivity contribution in [3.05, 3.63) is 17.8 Å². The zero-order valence-corrected chi connectivity index (χ0v) is 14.3. The van der Waals surface area contributed by atoms with Crippen molar-refractivity contribution in [2.75, 3.05) is 57.8 Å². The van der Waals surface area contributed by atoms with Crippen LogP contribution in [-0.4, -0.2) is 72.6 Å². The minimum atomic E-state index is -0.229. The fourth-order valence-electron chi connectivity index (χ4n) is 3.59. The number of hydrogen-bond acceptors (Lipinski definition) is 5. The predicted octanol–water partition coefficient (Wildman–Crippen LogP) is 1.64. The Labute approximate surface area is 138 Å². The Morgan fingerprint density at radius 2 is 1.78 bits per heavy atom. The second-order valence-corrected chi connectivity index (χ2v) is 6.85. The molecule has 0 unspecified atom stereocenters. The fraction of sp³-hybridized carbons (Fsp3) is 0.765. The Morgan fingerprint density at radius 1 is 1.09 bits per heavy atom. The highest BCUT2D eigenvalue weighted by atomic mass is 19.1. The summed E-state index contributed by atoms with van der Waals surface area (Å²) in [6.07, 6.45) is 4.35. The summed E-state index contributed by atoms with van der Waals surface area (Å²) in [5.74, 6) is 0.993. The third kappa shape index (κ3) is 3.98. The van der Waals surface area contributed by atoms with Crippen LogP contribution >= 0.6 is 0 Å². The summed E-state index contributed by atoms with van der Waals surface area (Å²) in [5.41, 5.74) is 0.523. The third-order valence-corrected chi connectivity index (χ3v) is 5.20. The lowest BCUT2D eigenvalue weighted by molar-refractivity contribution is 0.129. The number of aromatic nitrogens is 2. The molecule has 0 spiro atoms. The van der Waals surface area contributed by atoms with Gasteiger partial charge in [0.1, 0.15) is 6.33 Å². The van der Waals surface area contributed by atoms with Gasteiger partial charge >= 0.3 is 0 Å². The van der Waals surface area contributed by atoms with E-state index in [1.807, 2.05) is 6.92 Å². The molecule has 2 aliphatic heterocycles. The first-order valence-corrected chi connectivity index (χ1v) is 8.82. The van der Waals surface area contributed by atoms with E-state index in [0.717, 1.165) is 31.8 Å². The van der Waals surface area contributed by atoms with Gasteiger partial charge in [-0.25, -0.2) is 14.4 Å². The summed E-state index contributed by atoms with van der Waals surface area (Å²) >= 11 is 0. The quantitative estimate of drug-likeness (QED) is 0.842. The molecule has 3 rings (SSSR count). The van der Waals surface area contributed by atoms with Crippen molar-refractivity contribution in [3.8, 4) is 0 Å². The van der Waals surface area contributed by atoms with Crippen molar-refractivity contribution >= 4 is 5.82 Å². The SMILES string of the molecule is CCc1ncnc(N2CCC(CN3CCN(C)CC3)CC2)c1F. The second-order valence-electron chi connectivity index (χ2n) is 6.85. The van der Waals surface area contributed by atoms with E-state index in [4.69, 9.17) is 0 Å². The topological polar surface area (TPSA) is 35.5 Å². The molecule has 5 nitrogen and oxygen atoms in total. The van der Waals surface area contributed by atoms with Gasteiger partial charge in [0.25, 0.3) is 0 Å². The minimum Gasteiger partial charge on any atom is -0.354 e. The monoisotopic (exact) mass is 321 g/mol. The molecule has 0 radical (unpaired) electrons. The number of piperazine rings is 1. The van der Waals surface area contributed by atoms with Crippen LogP contribution in [0.5, 0.6) is 0 Å². The number of piperidine rings is 1. The van der Waals surface area contributed by atoms with Crippen molar-refractivity contribution in [1.29, 1.82) is 0 Å². The molecule has 1 aromatic rings. The molecule has 2 aliphatic rings. The maximum absolute atomic E-state index is 14.4. The summed E-state index contributed by atoms with van der Waals surface area (Å²) in [6.45, 7) is 9.61. The van der Waals surface area contributed by atoms with Crippen LogP contribution in [0.1, 0.15) is 25.5 Å². The predicted molar refractivity (Wildman–Crippen MR) is 90.2 cm³/mol. The molecule has 0 atom stereocenters. The van der Waals surface area contributed by atoms with Gasteiger partial charge in [-0.15, -0.1) is 0 Å². The number of hydrogen-bond donors (Lipinski definition) is 0. The molecule has 2 fully saturated rings. The van der Waals surface area contributed by atoms with E-state index in [2.05, 4.69) is 31.7 Å². The average molecular weight is 321 g/mol. The van der Waals surface area contributed by atoms with Gasteiger partial charge in [-0.05, 0) is 32.2 Å². The highest BCUT2D eigenvalue weighted by Gasteiger charge is 2.25. The van der Waals surface area contributed by atoms with E-state index >= 15 is 0 Å². The first kappa shape index (κ1) is 16.6. The number of anilines is 1. The standard InChI is InChI=1S/C17H28FN5/c1-3-15-16(18)17(20-13-19-15)23-6-4-14(5-7-23)12-22-10-8-21(2)9-11-22/h13-14H,3-12H2,1-2H3. The van der Waals surface area contributed by atoms with E-state index < -0.39 is 0 Å². The number of rotatable bonds is 4. The number of halogens is 1. The number of nitrogens with zero attached hydrogens (tertiary/aromatic N) is 5. The Kier molecular flexibility index (Phi) is 5.43. The molecule has 1 aromatic heterocycles. The molecular weight excluding hydrogens is 293 g/mol. The zero-order valence-electron chi connectivity index (χ0n) is 14.3. The van der Waals surface area contributed by atoms with Gasteiger partial charge in [-0.1, -0.05) is 6.92 Å². The molecular formula is C17H28FN5. The van der Waals surface area contributed by atoms with Crippen LogP contribution < -0.4 is 4.90 Å². The van der Waals surface area contributed by atoms with Crippen molar-refractivity contribution in [1.82, 2.24) is 19.8 Å². The van der Waals surface area contributed by atoms with Crippen LogP contribution in [0.4, 0.5) is 10.2 Å². The highest BCUT2D eigenvalue weighted by molar-refractivity contribution is 5.41. The van der Waals surface area contributed by atoms with Crippen LogP contribution in [0.15, 0.2) is 6.33 Å². The van der Waals surface area contributed by atoms with E-state index in [-0.39, 0.29) is 5.82 Å². The molecule has 23 heavy (non-hydrogen) atoms. The molecule has 128 valence electrons. The van der Waals surface area contributed by atoms with Crippen molar-refractivity contribution in [2.24, 2.45) is 5.92 Å². The van der Waals surface area contributed by atoms with Gasteiger partial charge in [-0.3, -0.25) is 0 Å². The van der Waals surface area contributed by atoms with Gasteiger partial charge in [-0.2, -0.15) is 0 Å². The molecule has 0 aliphatic carbocycles. The summed E-state index contributed by atoms with van der Waals surface area (Å²) in [7, 11) is 2.19. The summed E-state index contributed by atoms with van der Waals surface area (Å²) < 4.78 is 14.4. The minimum absolute atomic E-state index is 0.229. The lowest BCUT2D eigenvalue weighted by Crippen LogP contribution is -2.47. The van der Waals surface area contributed by atoms with E-state index in [9.17, 15) is 4.39 Å². The molecule has 3 heterocycles. The van der Waals surface area contributed by atoms with Gasteiger partial charge < -0.3 is 14.7 Å². The normalized spacial score (nSPS) is 21.8. The Morgan fingerprint density at radius 3 is 2.43 bits per heavy atom. The largest absolute Gasteiger partial charge is 0.354 e. The summed E-state index contributed by atoms with van der Waals surface area (Å²) in [6, 6.07) is 0. The molecule has 0 amide bonds. The van der Waals surface area contributed by atoms with Gasteiger partial charge in [0.2, 0.25) is 0 Å². The number of aryl methyl sites for hydroxylation is 1. The Bertz CT molecular complexity index is 508. The highest BCUT2D eigenvalue weighted by Crippen LogP contribution is 2.25.